The van der Waals surface area contributed by atoms with Crippen LogP contribution in [0.15, 0.2) is 30.3 Å². The number of fused-ring (bicyclic) bond motifs is 1. The van der Waals surface area contributed by atoms with Crippen LogP contribution in [0.25, 0.3) is 10.8 Å². The zero-order valence-electron chi connectivity index (χ0n) is 13.4. The molecule has 0 aliphatic rings. The van der Waals surface area contributed by atoms with E-state index in [1.54, 1.807) is 13.2 Å². The van der Waals surface area contributed by atoms with Gasteiger partial charge < -0.3 is 18.9 Å². The molecule has 2 aromatic carbocycles. The highest BCUT2D eigenvalue weighted by molar-refractivity contribution is 5.96. The molecule has 2 rings (SSSR count). The number of hydrogen-bond acceptors (Lipinski definition) is 5. The normalized spacial score (nSPS) is 11.1. The third kappa shape index (κ3) is 3.42. The third-order valence-electron chi connectivity index (χ3n) is 2.91. The van der Waals surface area contributed by atoms with E-state index in [4.69, 9.17) is 14.2 Å². The van der Waals surface area contributed by atoms with Crippen molar-refractivity contribution in [1.29, 1.82) is 0 Å². The van der Waals surface area contributed by atoms with Crippen molar-refractivity contribution in [3.05, 3.63) is 30.3 Å². The number of benzene rings is 2. The lowest BCUT2D eigenvalue weighted by Gasteiger charge is -2.24. The molecule has 5 nitrogen and oxygen atoms in total. The zero-order valence-corrected chi connectivity index (χ0v) is 13.4. The van der Waals surface area contributed by atoms with Gasteiger partial charge in [0.05, 0.1) is 14.2 Å². The minimum Gasteiger partial charge on any atom is -0.496 e. The minimum absolute atomic E-state index is 0.318. The van der Waals surface area contributed by atoms with Gasteiger partial charge in [-0.3, -0.25) is 0 Å². The van der Waals surface area contributed by atoms with Gasteiger partial charge in [-0.2, -0.15) is 0 Å². The molecule has 0 spiro atoms. The summed E-state index contributed by atoms with van der Waals surface area (Å²) in [6.07, 6.45) is -0.797. The summed E-state index contributed by atoms with van der Waals surface area (Å²) in [5.74, 6) is 1.39. The highest BCUT2D eigenvalue weighted by Gasteiger charge is 2.22. The van der Waals surface area contributed by atoms with E-state index >= 15 is 0 Å². The topological polar surface area (TPSA) is 54.0 Å². The Bertz CT molecular complexity index is 685. The lowest BCUT2D eigenvalue weighted by atomic mass is 10.1. The molecule has 0 unspecified atom stereocenters. The third-order valence-corrected chi connectivity index (χ3v) is 2.91. The molecule has 0 fully saturated rings. The quantitative estimate of drug-likeness (QED) is 0.629. The monoisotopic (exact) mass is 304 g/mol. The Labute approximate surface area is 129 Å². The van der Waals surface area contributed by atoms with E-state index in [0.29, 0.717) is 22.6 Å². The molecule has 5 heteroatoms. The standard InChI is InChI=1S/C17H20O5/c1-17(2,3)22-14-10-13(19-4)11-8-6-7-9-12(11)15(14)21-16(18)20-5/h6-10H,1-5H3. The van der Waals surface area contributed by atoms with Crippen LogP contribution in [0.5, 0.6) is 17.2 Å². The number of carbonyl (C=O) groups excluding carboxylic acids is 1. The SMILES string of the molecule is COC(=O)Oc1c(OC(C)(C)C)cc(OC)c2ccccc12. The Kier molecular flexibility index (Phi) is 4.45. The summed E-state index contributed by atoms with van der Waals surface area (Å²) in [4.78, 5) is 11.6. The molecule has 118 valence electrons. The van der Waals surface area contributed by atoms with Crippen LogP contribution < -0.4 is 14.2 Å². The molecular weight excluding hydrogens is 284 g/mol. The Balaban J connectivity index is 2.68. The highest BCUT2D eigenvalue weighted by atomic mass is 16.7. The van der Waals surface area contributed by atoms with Crippen molar-refractivity contribution >= 4 is 16.9 Å². The van der Waals surface area contributed by atoms with E-state index in [9.17, 15) is 4.79 Å². The molecule has 0 N–H and O–H groups in total. The van der Waals surface area contributed by atoms with Gasteiger partial charge in [0.25, 0.3) is 0 Å². The van der Waals surface area contributed by atoms with Crippen LogP contribution in [0, 0.1) is 0 Å². The maximum Gasteiger partial charge on any atom is 0.513 e. The molecule has 2 aromatic rings. The first-order valence-corrected chi connectivity index (χ1v) is 6.90. The molecule has 0 amide bonds. The summed E-state index contributed by atoms with van der Waals surface area (Å²) in [5, 5.41) is 1.54. The van der Waals surface area contributed by atoms with Gasteiger partial charge >= 0.3 is 6.16 Å². The molecule has 0 aliphatic heterocycles. The van der Waals surface area contributed by atoms with Crippen molar-refractivity contribution in [1.82, 2.24) is 0 Å². The molecule has 0 heterocycles. The fraction of sp³-hybridized carbons (Fsp3) is 0.353. The van der Waals surface area contributed by atoms with Crippen molar-refractivity contribution in [2.24, 2.45) is 0 Å². The average Bonchev–Trinajstić information content (AvgIpc) is 2.47. The second-order valence-corrected chi connectivity index (χ2v) is 5.72. The molecule has 0 aliphatic carbocycles. The summed E-state index contributed by atoms with van der Waals surface area (Å²) in [7, 11) is 2.85. The molecule has 0 bridgehead atoms. The molecule has 22 heavy (non-hydrogen) atoms. The smallest absolute Gasteiger partial charge is 0.496 e. The second-order valence-electron chi connectivity index (χ2n) is 5.72. The summed E-state index contributed by atoms with van der Waals surface area (Å²) in [6, 6.07) is 9.18. The van der Waals surface area contributed by atoms with Crippen LogP contribution in [0.4, 0.5) is 4.79 Å². The Morgan fingerprint density at radius 3 is 2.18 bits per heavy atom. The van der Waals surface area contributed by atoms with E-state index in [0.717, 1.165) is 5.39 Å². The average molecular weight is 304 g/mol. The molecule has 0 atom stereocenters. The van der Waals surface area contributed by atoms with Gasteiger partial charge in [0.1, 0.15) is 11.4 Å². The number of hydrogen-bond donors (Lipinski definition) is 0. The van der Waals surface area contributed by atoms with Crippen molar-refractivity contribution in [2.75, 3.05) is 14.2 Å². The van der Waals surface area contributed by atoms with E-state index in [1.165, 1.54) is 7.11 Å². The van der Waals surface area contributed by atoms with Gasteiger partial charge in [-0.25, -0.2) is 4.79 Å². The van der Waals surface area contributed by atoms with Crippen LogP contribution in [0.1, 0.15) is 20.8 Å². The Morgan fingerprint density at radius 1 is 1.00 bits per heavy atom. The first-order valence-electron chi connectivity index (χ1n) is 6.90. The maximum atomic E-state index is 11.6. The van der Waals surface area contributed by atoms with E-state index in [2.05, 4.69) is 4.74 Å². The molecule has 0 saturated carbocycles. The number of carbonyl (C=O) groups is 1. The zero-order chi connectivity index (χ0) is 16.3. The van der Waals surface area contributed by atoms with E-state index in [1.807, 2.05) is 45.0 Å². The Morgan fingerprint density at radius 2 is 1.64 bits per heavy atom. The predicted octanol–water partition coefficient (Wildman–Crippen LogP) is 4.17. The van der Waals surface area contributed by atoms with Crippen LogP contribution in [-0.4, -0.2) is 26.0 Å². The minimum atomic E-state index is -0.797. The fourth-order valence-corrected chi connectivity index (χ4v) is 2.10. The van der Waals surface area contributed by atoms with Gasteiger partial charge in [-0.15, -0.1) is 0 Å². The lowest BCUT2D eigenvalue weighted by Crippen LogP contribution is -2.23. The summed E-state index contributed by atoms with van der Waals surface area (Å²) in [5.41, 5.74) is -0.457. The van der Waals surface area contributed by atoms with E-state index in [-0.39, 0.29) is 0 Å². The summed E-state index contributed by atoms with van der Waals surface area (Å²) in [6.45, 7) is 5.74. The number of methoxy groups -OCH3 is 2. The van der Waals surface area contributed by atoms with Gasteiger partial charge in [0.2, 0.25) is 0 Å². The van der Waals surface area contributed by atoms with Crippen molar-refractivity contribution < 1.29 is 23.7 Å². The fourth-order valence-electron chi connectivity index (χ4n) is 2.10. The number of rotatable bonds is 3. The molecule has 0 saturated heterocycles. The van der Waals surface area contributed by atoms with Crippen molar-refractivity contribution in [2.45, 2.75) is 26.4 Å². The lowest BCUT2D eigenvalue weighted by molar-refractivity contribution is 0.107. The van der Waals surface area contributed by atoms with E-state index < -0.39 is 11.8 Å². The largest absolute Gasteiger partial charge is 0.513 e. The highest BCUT2D eigenvalue weighted by Crippen LogP contribution is 2.42. The maximum absolute atomic E-state index is 11.6. The van der Waals surface area contributed by atoms with Crippen molar-refractivity contribution in [3.63, 3.8) is 0 Å². The van der Waals surface area contributed by atoms with Gasteiger partial charge in [0.15, 0.2) is 11.5 Å². The molecule has 0 radical (unpaired) electrons. The first kappa shape index (κ1) is 15.9. The van der Waals surface area contributed by atoms with Gasteiger partial charge in [-0.05, 0) is 20.8 Å². The Hall–Kier alpha value is -2.43. The van der Waals surface area contributed by atoms with Crippen LogP contribution in [-0.2, 0) is 4.74 Å². The van der Waals surface area contributed by atoms with Crippen LogP contribution >= 0.6 is 0 Å². The molecule has 0 aromatic heterocycles. The van der Waals surface area contributed by atoms with Gasteiger partial charge in [-0.1, -0.05) is 24.3 Å². The second kappa shape index (κ2) is 6.13. The van der Waals surface area contributed by atoms with Crippen LogP contribution in [0.3, 0.4) is 0 Å². The summed E-state index contributed by atoms with van der Waals surface area (Å²) < 4.78 is 21.2. The van der Waals surface area contributed by atoms with Crippen LogP contribution in [0.2, 0.25) is 0 Å². The summed E-state index contributed by atoms with van der Waals surface area (Å²) >= 11 is 0. The van der Waals surface area contributed by atoms with Gasteiger partial charge in [0, 0.05) is 16.8 Å². The number of ether oxygens (including phenoxy) is 4. The van der Waals surface area contributed by atoms with Crippen molar-refractivity contribution in [3.8, 4) is 17.2 Å². The first-order chi connectivity index (χ1) is 10.4. The molecular formula is C17H20O5. The predicted molar refractivity (Wildman–Crippen MR) is 83.9 cm³/mol.